The SMILES string of the molecule is FC(F)(F)C(F)(F)C(F)(F)C(F)(F)C(F)(F)C(F)(F)/C(=C\c1ccccc1)N(Cc1ccccc1)Cc1ccccc1. The number of alkyl halides is 13. The van der Waals surface area contributed by atoms with Gasteiger partial charge >= 0.3 is 35.8 Å². The van der Waals surface area contributed by atoms with Crippen molar-refractivity contribution >= 4 is 6.08 Å². The Morgan fingerprint density at radius 2 is 0.833 bits per heavy atom. The highest BCUT2D eigenvalue weighted by atomic mass is 19.4. The molecule has 0 saturated carbocycles. The van der Waals surface area contributed by atoms with E-state index < -0.39 is 54.6 Å². The van der Waals surface area contributed by atoms with Crippen molar-refractivity contribution in [2.45, 2.75) is 48.9 Å². The topological polar surface area (TPSA) is 3.24 Å². The van der Waals surface area contributed by atoms with Crippen molar-refractivity contribution in [3.05, 3.63) is 113 Å². The van der Waals surface area contributed by atoms with Gasteiger partial charge < -0.3 is 4.90 Å². The van der Waals surface area contributed by atoms with Crippen LogP contribution in [-0.2, 0) is 13.1 Å². The number of rotatable bonds is 11. The molecule has 0 spiro atoms. The second kappa shape index (κ2) is 11.5. The summed E-state index contributed by atoms with van der Waals surface area (Å²) in [5.41, 5.74) is -2.08. The number of allylic oxidation sites excluding steroid dienone is 1. The van der Waals surface area contributed by atoms with Crippen LogP contribution in [0.2, 0.25) is 0 Å². The molecule has 0 aliphatic rings. The van der Waals surface area contributed by atoms with Crippen LogP contribution in [0.4, 0.5) is 57.1 Å². The predicted octanol–water partition coefficient (Wildman–Crippen LogP) is 9.47. The number of halogens is 13. The van der Waals surface area contributed by atoms with Crippen molar-refractivity contribution in [3.63, 3.8) is 0 Å². The molecule has 1 nitrogen and oxygen atoms in total. The first kappa shape index (κ1) is 32.8. The lowest BCUT2D eigenvalue weighted by molar-refractivity contribution is -0.437. The first-order chi connectivity index (χ1) is 19.3. The fraction of sp³-hybridized carbons (Fsp3) is 0.286. The van der Waals surface area contributed by atoms with Gasteiger partial charge in [0.1, 0.15) is 0 Å². The third-order valence-corrected chi connectivity index (χ3v) is 6.13. The summed E-state index contributed by atoms with van der Waals surface area (Å²) in [5, 5.41) is 0. The van der Waals surface area contributed by atoms with Gasteiger partial charge in [0.25, 0.3) is 0 Å². The molecule has 3 rings (SSSR count). The third kappa shape index (κ3) is 5.93. The number of hydrogen-bond acceptors (Lipinski definition) is 1. The monoisotopic (exact) mass is 617 g/mol. The standard InChI is InChI=1S/C28H20F13N/c29-23(30,24(31,32)25(33,34)26(35,36)27(37,38)28(39,40)41)22(16-19-10-4-1-5-11-19)42(17-20-12-6-2-7-13-20)18-21-14-8-3-9-15-21/h1-16H,17-18H2/b22-16+. The predicted molar refractivity (Wildman–Crippen MR) is 127 cm³/mol. The Balaban J connectivity index is 2.26. The van der Waals surface area contributed by atoms with E-state index >= 15 is 17.6 Å². The summed E-state index contributed by atoms with van der Waals surface area (Å²) in [6.07, 6.45) is -7.24. The highest BCUT2D eigenvalue weighted by molar-refractivity contribution is 5.55. The maximum atomic E-state index is 15.7. The lowest BCUT2D eigenvalue weighted by Gasteiger charge is -2.42. The van der Waals surface area contributed by atoms with Crippen LogP contribution >= 0.6 is 0 Å². The molecule has 0 atom stereocenters. The zero-order chi connectivity index (χ0) is 31.6. The molecule has 0 amide bonds. The Bertz CT molecular complexity index is 1290. The van der Waals surface area contributed by atoms with Crippen molar-refractivity contribution in [2.24, 2.45) is 0 Å². The van der Waals surface area contributed by atoms with E-state index in [9.17, 15) is 39.5 Å². The lowest BCUT2D eigenvalue weighted by Crippen LogP contribution is -2.70. The minimum atomic E-state index is -7.99. The Hall–Kier alpha value is -3.71. The summed E-state index contributed by atoms with van der Waals surface area (Å²) in [5.74, 6) is -37.6. The summed E-state index contributed by atoms with van der Waals surface area (Å²) in [6.45, 7) is -1.44. The van der Waals surface area contributed by atoms with Crippen molar-refractivity contribution in [1.29, 1.82) is 0 Å². The fourth-order valence-electron chi connectivity index (χ4n) is 3.85. The molecule has 3 aromatic carbocycles. The molecular weight excluding hydrogens is 597 g/mol. The second-order valence-electron chi connectivity index (χ2n) is 9.14. The Morgan fingerprint density at radius 3 is 1.21 bits per heavy atom. The minimum absolute atomic E-state index is 0.146. The molecular formula is C28H20F13N. The van der Waals surface area contributed by atoms with Crippen LogP contribution in [0, 0.1) is 0 Å². The van der Waals surface area contributed by atoms with Crippen LogP contribution < -0.4 is 0 Å². The summed E-state index contributed by atoms with van der Waals surface area (Å²) >= 11 is 0. The molecule has 0 bridgehead atoms. The van der Waals surface area contributed by atoms with Gasteiger partial charge in [0.05, 0.1) is 5.70 Å². The van der Waals surface area contributed by atoms with Crippen LogP contribution in [-0.4, -0.2) is 40.7 Å². The smallest absolute Gasteiger partial charge is 0.361 e. The molecule has 0 radical (unpaired) electrons. The maximum absolute atomic E-state index is 15.7. The molecule has 42 heavy (non-hydrogen) atoms. The third-order valence-electron chi connectivity index (χ3n) is 6.13. The van der Waals surface area contributed by atoms with Crippen LogP contribution in [0.25, 0.3) is 6.08 Å². The van der Waals surface area contributed by atoms with Crippen LogP contribution in [0.1, 0.15) is 16.7 Å². The highest BCUT2D eigenvalue weighted by Gasteiger charge is 2.91. The first-order valence-corrected chi connectivity index (χ1v) is 11.8. The molecule has 0 aliphatic heterocycles. The Kier molecular flexibility index (Phi) is 9.00. The molecule has 14 heteroatoms. The zero-order valence-electron chi connectivity index (χ0n) is 21.0. The minimum Gasteiger partial charge on any atom is -0.361 e. The van der Waals surface area contributed by atoms with Gasteiger partial charge in [-0.25, -0.2) is 0 Å². The molecule has 0 aromatic heterocycles. The van der Waals surface area contributed by atoms with E-state index in [4.69, 9.17) is 0 Å². The molecule has 228 valence electrons. The van der Waals surface area contributed by atoms with Crippen LogP contribution in [0.5, 0.6) is 0 Å². The first-order valence-electron chi connectivity index (χ1n) is 11.8. The molecule has 0 unspecified atom stereocenters. The molecule has 0 heterocycles. The van der Waals surface area contributed by atoms with E-state index in [0.717, 1.165) is 12.1 Å². The van der Waals surface area contributed by atoms with Crippen molar-refractivity contribution < 1.29 is 57.1 Å². The number of nitrogens with zero attached hydrogens (tertiary/aromatic N) is 1. The molecule has 0 saturated heterocycles. The average Bonchev–Trinajstić information content (AvgIpc) is 2.92. The molecule has 3 aromatic rings. The summed E-state index contributed by atoms with van der Waals surface area (Å²) in [6, 6.07) is 19.9. The quantitative estimate of drug-likeness (QED) is 0.194. The second-order valence-corrected chi connectivity index (χ2v) is 9.14. The van der Waals surface area contributed by atoms with Crippen LogP contribution in [0.15, 0.2) is 96.7 Å². The van der Waals surface area contributed by atoms with Gasteiger partial charge in [-0.3, -0.25) is 0 Å². The zero-order valence-corrected chi connectivity index (χ0v) is 21.0. The van der Waals surface area contributed by atoms with E-state index in [2.05, 4.69) is 0 Å². The Morgan fingerprint density at radius 1 is 0.476 bits per heavy atom. The van der Waals surface area contributed by atoms with E-state index in [-0.39, 0.29) is 22.8 Å². The number of hydrogen-bond donors (Lipinski definition) is 0. The molecule has 0 aliphatic carbocycles. The number of benzene rings is 3. The summed E-state index contributed by atoms with van der Waals surface area (Å²) < 4.78 is 183. The van der Waals surface area contributed by atoms with Gasteiger partial charge in [-0.2, -0.15) is 57.1 Å². The normalized spacial score (nSPS) is 14.2. The molecule has 0 fully saturated rings. The largest absolute Gasteiger partial charge is 0.460 e. The van der Waals surface area contributed by atoms with E-state index in [1.807, 2.05) is 0 Å². The Labute approximate surface area is 230 Å². The van der Waals surface area contributed by atoms with Crippen molar-refractivity contribution in [1.82, 2.24) is 4.90 Å². The fourth-order valence-corrected chi connectivity index (χ4v) is 3.85. The van der Waals surface area contributed by atoms with Gasteiger partial charge in [0.15, 0.2) is 0 Å². The van der Waals surface area contributed by atoms with Gasteiger partial charge in [0.2, 0.25) is 0 Å². The van der Waals surface area contributed by atoms with Crippen LogP contribution in [0.3, 0.4) is 0 Å². The van der Waals surface area contributed by atoms with Crippen molar-refractivity contribution in [3.8, 4) is 0 Å². The van der Waals surface area contributed by atoms with Crippen molar-refractivity contribution in [2.75, 3.05) is 0 Å². The highest BCUT2D eigenvalue weighted by Crippen LogP contribution is 2.61. The maximum Gasteiger partial charge on any atom is 0.460 e. The molecule has 0 N–H and O–H groups in total. The van der Waals surface area contributed by atoms with Gasteiger partial charge in [0, 0.05) is 13.1 Å². The van der Waals surface area contributed by atoms with Gasteiger partial charge in [-0.1, -0.05) is 91.0 Å². The lowest BCUT2D eigenvalue weighted by atomic mass is 9.91. The van der Waals surface area contributed by atoms with Gasteiger partial charge in [-0.05, 0) is 22.8 Å². The van der Waals surface area contributed by atoms with E-state index in [1.165, 1.54) is 78.9 Å². The van der Waals surface area contributed by atoms with Gasteiger partial charge in [-0.15, -0.1) is 0 Å². The average molecular weight is 617 g/mol. The summed E-state index contributed by atoms with van der Waals surface area (Å²) in [4.78, 5) is 0.418. The summed E-state index contributed by atoms with van der Waals surface area (Å²) in [7, 11) is 0. The van der Waals surface area contributed by atoms with E-state index in [1.54, 1.807) is 0 Å². The van der Waals surface area contributed by atoms with E-state index in [0.29, 0.717) is 4.90 Å².